The largest absolute Gasteiger partial charge is 0.366 e. The predicted molar refractivity (Wildman–Crippen MR) is 126 cm³/mol. The average Bonchev–Trinajstić information content (AvgIpc) is 3.64. The number of hydrogen-bond donors (Lipinski definition) is 2. The molecule has 3 aromatic carbocycles. The fraction of sp³-hybridized carbons (Fsp3) is 0.200. The summed E-state index contributed by atoms with van der Waals surface area (Å²) in [4.78, 5) is 26.2. The molecule has 0 bridgehead atoms. The van der Waals surface area contributed by atoms with Crippen LogP contribution in [0.25, 0.3) is 0 Å². The van der Waals surface area contributed by atoms with E-state index in [0.29, 0.717) is 23.4 Å². The Balaban J connectivity index is 1.47. The van der Waals surface area contributed by atoms with Gasteiger partial charge in [0.15, 0.2) is 0 Å². The first kappa shape index (κ1) is 23.4. The van der Waals surface area contributed by atoms with Gasteiger partial charge < -0.3 is 10.6 Å². The van der Waals surface area contributed by atoms with Gasteiger partial charge in [-0.1, -0.05) is 12.1 Å². The van der Waals surface area contributed by atoms with Crippen LogP contribution in [0.15, 0.2) is 71.6 Å². The second-order valence-electron chi connectivity index (χ2n) is 8.32. The van der Waals surface area contributed by atoms with Gasteiger partial charge in [0.25, 0.3) is 15.9 Å². The predicted octanol–water partition coefficient (Wildman–Crippen LogP) is 3.84. The molecule has 0 saturated heterocycles. The summed E-state index contributed by atoms with van der Waals surface area (Å²) in [6, 6.07) is 16.7. The number of halogens is 1. The number of primary amides is 1. The van der Waals surface area contributed by atoms with Gasteiger partial charge in [0, 0.05) is 29.4 Å². The monoisotopic (exact) mass is 481 g/mol. The smallest absolute Gasteiger partial charge is 0.261 e. The highest BCUT2D eigenvalue weighted by atomic mass is 32.2. The number of nitrogens with one attached hydrogen (secondary N) is 1. The van der Waals surface area contributed by atoms with Gasteiger partial charge in [0.2, 0.25) is 5.91 Å². The lowest BCUT2D eigenvalue weighted by molar-refractivity contribution is 0.0729. The minimum absolute atomic E-state index is 0.0474. The van der Waals surface area contributed by atoms with E-state index in [1.807, 2.05) is 0 Å². The third kappa shape index (κ3) is 5.26. The van der Waals surface area contributed by atoms with Crippen LogP contribution in [0.3, 0.4) is 0 Å². The second-order valence-corrected chi connectivity index (χ2v) is 10.0. The van der Waals surface area contributed by atoms with E-state index in [1.54, 1.807) is 41.3 Å². The summed E-state index contributed by atoms with van der Waals surface area (Å²) >= 11 is 0. The lowest BCUT2D eigenvalue weighted by atomic mass is 10.1. The molecular formula is C25H24FN3O4S. The van der Waals surface area contributed by atoms with Crippen molar-refractivity contribution in [3.63, 3.8) is 0 Å². The van der Waals surface area contributed by atoms with Crippen molar-refractivity contribution in [1.82, 2.24) is 4.90 Å². The molecule has 0 atom stereocenters. The Hall–Kier alpha value is -3.72. The van der Waals surface area contributed by atoms with Gasteiger partial charge >= 0.3 is 0 Å². The zero-order valence-corrected chi connectivity index (χ0v) is 19.3. The van der Waals surface area contributed by atoms with Crippen LogP contribution in [-0.2, 0) is 16.6 Å². The number of hydrogen-bond acceptors (Lipinski definition) is 4. The molecule has 0 aliphatic heterocycles. The molecule has 3 aromatic rings. The first-order valence-corrected chi connectivity index (χ1v) is 12.2. The Morgan fingerprint density at radius 3 is 2.18 bits per heavy atom. The number of nitrogens with zero attached hydrogens (tertiary/aromatic N) is 1. The van der Waals surface area contributed by atoms with Crippen LogP contribution in [-0.4, -0.2) is 31.2 Å². The van der Waals surface area contributed by atoms with Gasteiger partial charge in [-0.3, -0.25) is 14.3 Å². The van der Waals surface area contributed by atoms with Crippen LogP contribution in [0.5, 0.6) is 0 Å². The molecule has 0 aromatic heterocycles. The van der Waals surface area contributed by atoms with Crippen molar-refractivity contribution < 1.29 is 22.4 Å². The topological polar surface area (TPSA) is 110 Å². The molecule has 2 amide bonds. The fourth-order valence-corrected chi connectivity index (χ4v) is 4.71. The van der Waals surface area contributed by atoms with E-state index in [9.17, 15) is 22.4 Å². The van der Waals surface area contributed by atoms with Crippen LogP contribution in [0.1, 0.15) is 44.7 Å². The molecule has 4 rings (SSSR count). The lowest BCUT2D eigenvalue weighted by Gasteiger charge is -2.23. The molecule has 34 heavy (non-hydrogen) atoms. The minimum atomic E-state index is -3.90. The molecule has 0 radical (unpaired) electrons. The minimum Gasteiger partial charge on any atom is -0.366 e. The quantitative estimate of drug-likeness (QED) is 0.509. The molecule has 0 heterocycles. The van der Waals surface area contributed by atoms with Crippen molar-refractivity contribution in [2.75, 3.05) is 4.72 Å². The highest BCUT2D eigenvalue weighted by molar-refractivity contribution is 7.92. The SMILES string of the molecule is Cc1cc(S(=O)(=O)Nc2ccc(C(=O)N(Cc3ccc(C(N)=O)cc3)C3CC3)cc2)ccc1F. The van der Waals surface area contributed by atoms with Crippen molar-refractivity contribution in [3.8, 4) is 0 Å². The molecule has 3 N–H and O–H groups in total. The van der Waals surface area contributed by atoms with E-state index >= 15 is 0 Å². The first-order chi connectivity index (χ1) is 16.1. The Bertz CT molecular complexity index is 1340. The van der Waals surface area contributed by atoms with Crippen LogP contribution < -0.4 is 10.5 Å². The molecule has 0 spiro atoms. The molecule has 1 fully saturated rings. The molecule has 176 valence electrons. The number of anilines is 1. The molecule has 7 nitrogen and oxygen atoms in total. The third-order valence-electron chi connectivity index (χ3n) is 5.66. The number of carbonyl (C=O) groups excluding carboxylic acids is 2. The van der Waals surface area contributed by atoms with Crippen LogP contribution in [0, 0.1) is 12.7 Å². The highest BCUT2D eigenvalue weighted by Crippen LogP contribution is 2.30. The molecule has 1 saturated carbocycles. The number of nitrogens with two attached hydrogens (primary N) is 1. The van der Waals surface area contributed by atoms with Gasteiger partial charge in [-0.2, -0.15) is 0 Å². The van der Waals surface area contributed by atoms with Gasteiger partial charge in [0.05, 0.1) is 4.90 Å². The number of aryl methyl sites for hydroxylation is 1. The standard InChI is InChI=1S/C25H24FN3O4S/c1-16-14-22(12-13-23(16)26)34(32,33)28-20-8-6-19(7-9-20)25(31)29(21-10-11-21)15-17-2-4-18(5-3-17)24(27)30/h2-9,12-14,21,28H,10-11,15H2,1H3,(H2,27,30). The summed E-state index contributed by atoms with van der Waals surface area (Å²) in [5.41, 5.74) is 7.52. The average molecular weight is 482 g/mol. The van der Waals surface area contributed by atoms with E-state index in [4.69, 9.17) is 5.73 Å². The summed E-state index contributed by atoms with van der Waals surface area (Å²) in [5.74, 6) is -1.15. The molecule has 0 unspecified atom stereocenters. The lowest BCUT2D eigenvalue weighted by Crippen LogP contribution is -2.32. The highest BCUT2D eigenvalue weighted by Gasteiger charge is 2.33. The number of amides is 2. The Kier molecular flexibility index (Phi) is 6.39. The molecule has 9 heteroatoms. The number of sulfonamides is 1. The summed E-state index contributed by atoms with van der Waals surface area (Å²) in [7, 11) is -3.90. The molecular weight excluding hydrogens is 457 g/mol. The third-order valence-corrected chi connectivity index (χ3v) is 7.04. The van der Waals surface area contributed by atoms with E-state index in [0.717, 1.165) is 24.5 Å². The van der Waals surface area contributed by atoms with Crippen molar-refractivity contribution in [2.24, 2.45) is 5.73 Å². The normalized spacial score (nSPS) is 13.4. The zero-order valence-electron chi connectivity index (χ0n) is 18.5. The Labute approximate surface area is 197 Å². The molecule has 1 aliphatic rings. The second kappa shape index (κ2) is 9.26. The van der Waals surface area contributed by atoms with E-state index in [1.165, 1.54) is 31.2 Å². The Morgan fingerprint density at radius 1 is 1.00 bits per heavy atom. The maximum Gasteiger partial charge on any atom is 0.261 e. The zero-order chi connectivity index (χ0) is 24.5. The van der Waals surface area contributed by atoms with Crippen molar-refractivity contribution in [1.29, 1.82) is 0 Å². The Morgan fingerprint density at radius 2 is 1.62 bits per heavy atom. The number of benzene rings is 3. The van der Waals surface area contributed by atoms with E-state index < -0.39 is 21.7 Å². The maximum absolute atomic E-state index is 13.5. The number of carbonyl (C=O) groups is 2. The van der Waals surface area contributed by atoms with Crippen molar-refractivity contribution >= 4 is 27.5 Å². The maximum atomic E-state index is 13.5. The van der Waals surface area contributed by atoms with Crippen LogP contribution in [0.2, 0.25) is 0 Å². The fourth-order valence-electron chi connectivity index (χ4n) is 3.57. The summed E-state index contributed by atoms with van der Waals surface area (Å²) in [6.45, 7) is 1.88. The first-order valence-electron chi connectivity index (χ1n) is 10.7. The summed E-state index contributed by atoms with van der Waals surface area (Å²) in [5, 5.41) is 0. The van der Waals surface area contributed by atoms with Gasteiger partial charge in [-0.25, -0.2) is 12.8 Å². The van der Waals surface area contributed by atoms with Crippen molar-refractivity contribution in [2.45, 2.75) is 37.2 Å². The van der Waals surface area contributed by atoms with Gasteiger partial charge in [0.1, 0.15) is 5.82 Å². The summed E-state index contributed by atoms with van der Waals surface area (Å²) in [6.07, 6.45) is 1.83. The van der Waals surface area contributed by atoms with Crippen molar-refractivity contribution in [3.05, 3.63) is 94.8 Å². The summed E-state index contributed by atoms with van der Waals surface area (Å²) < 4.78 is 41.2. The van der Waals surface area contributed by atoms with E-state index in [-0.39, 0.29) is 22.4 Å². The van der Waals surface area contributed by atoms with Crippen LogP contribution >= 0.6 is 0 Å². The van der Waals surface area contributed by atoms with Gasteiger partial charge in [-0.15, -0.1) is 0 Å². The molecule has 1 aliphatic carbocycles. The van der Waals surface area contributed by atoms with E-state index in [2.05, 4.69) is 4.72 Å². The van der Waals surface area contributed by atoms with Gasteiger partial charge in [-0.05, 0) is 85.5 Å². The van der Waals surface area contributed by atoms with Crippen LogP contribution in [0.4, 0.5) is 10.1 Å². The number of rotatable bonds is 8.